The van der Waals surface area contributed by atoms with Crippen molar-refractivity contribution < 1.29 is 9.90 Å². The maximum absolute atomic E-state index is 11.8. The summed E-state index contributed by atoms with van der Waals surface area (Å²) in [4.78, 5) is 11.8. The molecule has 0 saturated carbocycles. The van der Waals surface area contributed by atoms with Crippen LogP contribution in [0.25, 0.3) is 0 Å². The highest BCUT2D eigenvalue weighted by atomic mass is 16.3. The largest absolute Gasteiger partial charge is 0.508 e. The second-order valence-electron chi connectivity index (χ2n) is 3.82. The third kappa shape index (κ3) is 2.97. The number of aryl methyl sites for hydroxylation is 1. The third-order valence-corrected chi connectivity index (χ3v) is 2.57. The standard InChI is InChI=1S/C12H18N2O2/c1-3-10(7-13)14-12(16)9-4-5-11(15)8(2)6-9/h4-6,10,15H,3,7,13H2,1-2H3,(H,14,16). The van der Waals surface area contributed by atoms with E-state index in [1.807, 2.05) is 6.92 Å². The van der Waals surface area contributed by atoms with Crippen molar-refractivity contribution in [1.82, 2.24) is 5.32 Å². The molecule has 0 aromatic heterocycles. The summed E-state index contributed by atoms with van der Waals surface area (Å²) < 4.78 is 0. The van der Waals surface area contributed by atoms with Crippen molar-refractivity contribution in [1.29, 1.82) is 0 Å². The number of benzene rings is 1. The van der Waals surface area contributed by atoms with Crippen molar-refractivity contribution in [2.24, 2.45) is 5.73 Å². The van der Waals surface area contributed by atoms with Gasteiger partial charge in [0.05, 0.1) is 0 Å². The van der Waals surface area contributed by atoms with Gasteiger partial charge in [-0.2, -0.15) is 0 Å². The molecule has 0 aliphatic rings. The average molecular weight is 222 g/mol. The molecule has 88 valence electrons. The lowest BCUT2D eigenvalue weighted by Crippen LogP contribution is -2.39. The SMILES string of the molecule is CCC(CN)NC(=O)c1ccc(O)c(C)c1. The highest BCUT2D eigenvalue weighted by Gasteiger charge is 2.11. The number of amides is 1. The van der Waals surface area contributed by atoms with E-state index in [-0.39, 0.29) is 17.7 Å². The van der Waals surface area contributed by atoms with Crippen LogP contribution in [0.1, 0.15) is 29.3 Å². The van der Waals surface area contributed by atoms with Gasteiger partial charge in [-0.15, -0.1) is 0 Å². The maximum atomic E-state index is 11.8. The summed E-state index contributed by atoms with van der Waals surface area (Å²) in [6.07, 6.45) is 0.805. The molecule has 4 N–H and O–H groups in total. The van der Waals surface area contributed by atoms with E-state index >= 15 is 0 Å². The Kier molecular flexibility index (Phi) is 4.31. The highest BCUT2D eigenvalue weighted by molar-refractivity contribution is 5.94. The van der Waals surface area contributed by atoms with Crippen LogP contribution in [0.15, 0.2) is 18.2 Å². The molecule has 1 rings (SSSR count). The molecule has 0 bridgehead atoms. The highest BCUT2D eigenvalue weighted by Crippen LogP contribution is 2.16. The van der Waals surface area contributed by atoms with Crippen LogP contribution < -0.4 is 11.1 Å². The fourth-order valence-electron chi connectivity index (χ4n) is 1.39. The fraction of sp³-hybridized carbons (Fsp3) is 0.417. The zero-order chi connectivity index (χ0) is 12.1. The Labute approximate surface area is 95.5 Å². The van der Waals surface area contributed by atoms with Gasteiger partial charge in [-0.1, -0.05) is 6.92 Å². The molecule has 0 aliphatic heterocycles. The minimum absolute atomic E-state index is 0.00149. The Balaban J connectivity index is 2.76. The van der Waals surface area contributed by atoms with Crippen molar-refractivity contribution in [2.45, 2.75) is 26.3 Å². The molecule has 1 unspecified atom stereocenters. The van der Waals surface area contributed by atoms with Crippen LogP contribution in [0.3, 0.4) is 0 Å². The monoisotopic (exact) mass is 222 g/mol. The van der Waals surface area contributed by atoms with Crippen molar-refractivity contribution >= 4 is 5.91 Å². The molecule has 4 heteroatoms. The molecule has 0 radical (unpaired) electrons. The van der Waals surface area contributed by atoms with Crippen molar-refractivity contribution in [3.8, 4) is 5.75 Å². The van der Waals surface area contributed by atoms with Gasteiger partial charge in [0.15, 0.2) is 0 Å². The number of phenols is 1. The second kappa shape index (κ2) is 5.51. The minimum Gasteiger partial charge on any atom is -0.508 e. The number of aromatic hydroxyl groups is 1. The smallest absolute Gasteiger partial charge is 0.251 e. The Morgan fingerprint density at radius 2 is 2.25 bits per heavy atom. The molecule has 0 spiro atoms. The number of phenolic OH excluding ortho intramolecular Hbond substituents is 1. The quantitative estimate of drug-likeness (QED) is 0.715. The first-order valence-electron chi connectivity index (χ1n) is 5.39. The number of hydrogen-bond donors (Lipinski definition) is 3. The van der Waals surface area contributed by atoms with Gasteiger partial charge < -0.3 is 16.2 Å². The van der Waals surface area contributed by atoms with E-state index in [0.717, 1.165) is 6.42 Å². The number of carbonyl (C=O) groups excluding carboxylic acids is 1. The normalized spacial score (nSPS) is 12.2. The first-order chi connectivity index (χ1) is 7.58. The predicted molar refractivity (Wildman–Crippen MR) is 63.4 cm³/mol. The van der Waals surface area contributed by atoms with Gasteiger partial charge in [-0.05, 0) is 37.1 Å². The summed E-state index contributed by atoms with van der Waals surface area (Å²) in [6.45, 7) is 4.16. The lowest BCUT2D eigenvalue weighted by Gasteiger charge is -2.14. The Hall–Kier alpha value is -1.55. The number of nitrogens with one attached hydrogen (secondary N) is 1. The summed E-state index contributed by atoms with van der Waals surface area (Å²) in [7, 11) is 0. The molecule has 1 aromatic carbocycles. The van der Waals surface area contributed by atoms with Crippen LogP contribution in [-0.2, 0) is 0 Å². The number of nitrogens with two attached hydrogens (primary N) is 1. The van der Waals surface area contributed by atoms with Crippen LogP contribution >= 0.6 is 0 Å². The van der Waals surface area contributed by atoms with E-state index in [9.17, 15) is 9.90 Å². The third-order valence-electron chi connectivity index (χ3n) is 2.57. The van der Waals surface area contributed by atoms with Crippen LogP contribution in [0.2, 0.25) is 0 Å². The molecular weight excluding hydrogens is 204 g/mol. The van der Waals surface area contributed by atoms with Gasteiger partial charge in [0, 0.05) is 18.2 Å². The molecule has 1 aromatic rings. The van der Waals surface area contributed by atoms with Crippen LogP contribution in [0, 0.1) is 6.92 Å². The summed E-state index contributed by atoms with van der Waals surface area (Å²) >= 11 is 0. The van der Waals surface area contributed by atoms with E-state index in [1.54, 1.807) is 19.1 Å². The van der Waals surface area contributed by atoms with Gasteiger partial charge >= 0.3 is 0 Å². The Morgan fingerprint density at radius 3 is 2.75 bits per heavy atom. The molecule has 0 heterocycles. The van der Waals surface area contributed by atoms with E-state index in [0.29, 0.717) is 17.7 Å². The van der Waals surface area contributed by atoms with E-state index in [1.165, 1.54) is 6.07 Å². The lowest BCUT2D eigenvalue weighted by atomic mass is 10.1. The van der Waals surface area contributed by atoms with Gasteiger partial charge in [-0.3, -0.25) is 4.79 Å². The number of rotatable bonds is 4. The second-order valence-corrected chi connectivity index (χ2v) is 3.82. The average Bonchev–Trinajstić information content (AvgIpc) is 2.29. The molecule has 1 atom stereocenters. The zero-order valence-corrected chi connectivity index (χ0v) is 9.66. The van der Waals surface area contributed by atoms with Crippen molar-refractivity contribution in [2.75, 3.05) is 6.54 Å². The number of carbonyl (C=O) groups is 1. The van der Waals surface area contributed by atoms with Gasteiger partial charge in [-0.25, -0.2) is 0 Å². The van der Waals surface area contributed by atoms with E-state index in [2.05, 4.69) is 5.32 Å². The Morgan fingerprint density at radius 1 is 1.56 bits per heavy atom. The first kappa shape index (κ1) is 12.5. The molecule has 0 fully saturated rings. The van der Waals surface area contributed by atoms with E-state index in [4.69, 9.17) is 5.73 Å². The predicted octanol–water partition coefficient (Wildman–Crippen LogP) is 1.17. The summed E-state index contributed by atoms with van der Waals surface area (Å²) in [5, 5.41) is 12.2. The first-order valence-corrected chi connectivity index (χ1v) is 5.39. The zero-order valence-electron chi connectivity index (χ0n) is 9.66. The molecule has 0 aliphatic carbocycles. The maximum Gasteiger partial charge on any atom is 0.251 e. The number of hydrogen-bond acceptors (Lipinski definition) is 3. The topological polar surface area (TPSA) is 75.3 Å². The summed E-state index contributed by atoms with van der Waals surface area (Å²) in [5.74, 6) is 0.0443. The lowest BCUT2D eigenvalue weighted by molar-refractivity contribution is 0.0937. The Bertz CT molecular complexity index is 373. The molecule has 0 saturated heterocycles. The van der Waals surface area contributed by atoms with Gasteiger partial charge in [0.25, 0.3) is 5.91 Å². The summed E-state index contributed by atoms with van der Waals surface area (Å²) in [6, 6.07) is 4.78. The molecule has 1 amide bonds. The molecule has 16 heavy (non-hydrogen) atoms. The van der Waals surface area contributed by atoms with Gasteiger partial charge in [0.2, 0.25) is 0 Å². The molecular formula is C12H18N2O2. The fourth-order valence-corrected chi connectivity index (χ4v) is 1.39. The minimum atomic E-state index is -0.152. The summed E-state index contributed by atoms with van der Waals surface area (Å²) in [5.41, 5.74) is 6.74. The van der Waals surface area contributed by atoms with Crippen LogP contribution in [0.4, 0.5) is 0 Å². The van der Waals surface area contributed by atoms with Crippen molar-refractivity contribution in [3.63, 3.8) is 0 Å². The molecule has 4 nitrogen and oxygen atoms in total. The van der Waals surface area contributed by atoms with Gasteiger partial charge in [0.1, 0.15) is 5.75 Å². The van der Waals surface area contributed by atoms with Crippen LogP contribution in [-0.4, -0.2) is 23.6 Å². The van der Waals surface area contributed by atoms with Crippen molar-refractivity contribution in [3.05, 3.63) is 29.3 Å². The van der Waals surface area contributed by atoms with E-state index < -0.39 is 0 Å². The van der Waals surface area contributed by atoms with Crippen LogP contribution in [0.5, 0.6) is 5.75 Å².